The molecule has 0 aromatic heterocycles. The summed E-state index contributed by atoms with van der Waals surface area (Å²) in [6.07, 6.45) is 24.9. The molecule has 0 saturated carbocycles. The molecule has 168 valence electrons. The zero-order valence-corrected chi connectivity index (χ0v) is 20.2. The van der Waals surface area contributed by atoms with Gasteiger partial charge in [0.15, 0.2) is 0 Å². The van der Waals surface area contributed by atoms with Gasteiger partial charge < -0.3 is 0 Å². The van der Waals surface area contributed by atoms with Crippen LogP contribution in [-0.2, 0) is 12.8 Å². The summed E-state index contributed by atoms with van der Waals surface area (Å²) in [4.78, 5) is 0. The second-order valence-electron chi connectivity index (χ2n) is 9.47. The number of aryl methyl sites for hydroxylation is 2. The van der Waals surface area contributed by atoms with Crippen molar-refractivity contribution in [3.05, 3.63) is 47.5 Å². The lowest BCUT2D eigenvalue weighted by Crippen LogP contribution is -1.89. The van der Waals surface area contributed by atoms with Gasteiger partial charge >= 0.3 is 0 Å². The molecular formula is C30H48. The van der Waals surface area contributed by atoms with Crippen LogP contribution < -0.4 is 0 Å². The largest absolute Gasteiger partial charge is 0.0654 e. The van der Waals surface area contributed by atoms with E-state index in [1.165, 1.54) is 137 Å². The fourth-order valence-electron chi connectivity index (χ4n) is 4.58. The van der Waals surface area contributed by atoms with Gasteiger partial charge in [0.1, 0.15) is 0 Å². The van der Waals surface area contributed by atoms with Gasteiger partial charge in [0.25, 0.3) is 0 Å². The molecule has 0 aliphatic carbocycles. The van der Waals surface area contributed by atoms with Gasteiger partial charge in [-0.1, -0.05) is 140 Å². The fourth-order valence-corrected chi connectivity index (χ4v) is 4.58. The van der Waals surface area contributed by atoms with Crippen LogP contribution in [0.2, 0.25) is 0 Å². The molecule has 0 fully saturated rings. The van der Waals surface area contributed by atoms with Crippen molar-refractivity contribution in [1.29, 1.82) is 0 Å². The summed E-state index contributed by atoms with van der Waals surface area (Å²) in [5, 5.41) is 2.85. The van der Waals surface area contributed by atoms with Gasteiger partial charge in [-0.3, -0.25) is 0 Å². The van der Waals surface area contributed by atoms with Crippen LogP contribution in [0.4, 0.5) is 0 Å². The highest BCUT2D eigenvalue weighted by Gasteiger charge is 2.01. The number of hydrogen-bond donors (Lipinski definition) is 0. The summed E-state index contributed by atoms with van der Waals surface area (Å²) < 4.78 is 0. The molecule has 0 unspecified atom stereocenters. The topological polar surface area (TPSA) is 0 Å². The third kappa shape index (κ3) is 10.6. The highest BCUT2D eigenvalue weighted by atomic mass is 14.1. The summed E-state index contributed by atoms with van der Waals surface area (Å²) in [6.45, 7) is 4.59. The molecule has 2 aromatic carbocycles. The molecule has 0 aliphatic rings. The van der Waals surface area contributed by atoms with Crippen LogP contribution in [0, 0.1) is 0 Å². The summed E-state index contributed by atoms with van der Waals surface area (Å²) in [5.41, 5.74) is 3.04. The third-order valence-electron chi connectivity index (χ3n) is 6.61. The number of unbranched alkanes of at least 4 members (excludes halogenated alkanes) is 14. The van der Waals surface area contributed by atoms with Crippen molar-refractivity contribution in [3.63, 3.8) is 0 Å². The summed E-state index contributed by atoms with van der Waals surface area (Å²) in [5.74, 6) is 0. The first kappa shape index (κ1) is 25.0. The van der Waals surface area contributed by atoms with Gasteiger partial charge in [-0.2, -0.15) is 0 Å². The molecular weight excluding hydrogens is 360 g/mol. The van der Waals surface area contributed by atoms with E-state index in [4.69, 9.17) is 0 Å². The van der Waals surface area contributed by atoms with Crippen LogP contribution in [0.25, 0.3) is 10.8 Å². The highest BCUT2D eigenvalue weighted by molar-refractivity contribution is 5.83. The van der Waals surface area contributed by atoms with Gasteiger partial charge in [-0.25, -0.2) is 0 Å². The molecule has 2 aromatic rings. The minimum Gasteiger partial charge on any atom is -0.0654 e. The molecule has 0 amide bonds. The van der Waals surface area contributed by atoms with Crippen molar-refractivity contribution in [1.82, 2.24) is 0 Å². The zero-order valence-electron chi connectivity index (χ0n) is 20.2. The number of hydrogen-bond acceptors (Lipinski definition) is 0. The molecule has 0 nitrogen and oxygen atoms in total. The van der Waals surface area contributed by atoms with Crippen molar-refractivity contribution in [3.8, 4) is 0 Å². The van der Waals surface area contributed by atoms with Crippen LogP contribution in [0.5, 0.6) is 0 Å². The van der Waals surface area contributed by atoms with Gasteiger partial charge in [0.2, 0.25) is 0 Å². The van der Waals surface area contributed by atoms with E-state index in [9.17, 15) is 0 Å². The minimum absolute atomic E-state index is 1.24. The second-order valence-corrected chi connectivity index (χ2v) is 9.47. The Balaban J connectivity index is 1.64. The third-order valence-corrected chi connectivity index (χ3v) is 6.61. The molecule has 2 rings (SSSR count). The molecule has 0 aliphatic heterocycles. The van der Waals surface area contributed by atoms with E-state index in [2.05, 4.69) is 50.2 Å². The molecule has 0 spiro atoms. The van der Waals surface area contributed by atoms with Gasteiger partial charge in [0.05, 0.1) is 0 Å². The fraction of sp³-hybridized carbons (Fsp3) is 0.667. The monoisotopic (exact) mass is 408 g/mol. The molecule has 0 heteroatoms. The normalized spacial score (nSPS) is 11.4. The number of fused-ring (bicyclic) bond motifs is 1. The van der Waals surface area contributed by atoms with Crippen LogP contribution in [-0.4, -0.2) is 0 Å². The van der Waals surface area contributed by atoms with Crippen molar-refractivity contribution in [2.45, 2.75) is 129 Å². The standard InChI is InChI=1S/C30H48/c1-3-5-7-9-11-13-15-17-19-27-21-23-30-26-28(22-24-29(30)25-27)20-18-16-14-12-10-8-6-4-2/h21-26H,3-20H2,1-2H3. The van der Waals surface area contributed by atoms with Crippen molar-refractivity contribution < 1.29 is 0 Å². The van der Waals surface area contributed by atoms with E-state index in [0.717, 1.165) is 0 Å². The van der Waals surface area contributed by atoms with Crippen molar-refractivity contribution in [2.75, 3.05) is 0 Å². The van der Waals surface area contributed by atoms with E-state index in [1.807, 2.05) is 0 Å². The van der Waals surface area contributed by atoms with E-state index < -0.39 is 0 Å². The molecule has 0 radical (unpaired) electrons. The Morgan fingerprint density at radius 3 is 1.10 bits per heavy atom. The van der Waals surface area contributed by atoms with Crippen molar-refractivity contribution >= 4 is 10.8 Å². The Hall–Kier alpha value is -1.30. The maximum atomic E-state index is 2.43. The molecule has 0 N–H and O–H groups in total. The van der Waals surface area contributed by atoms with Crippen LogP contribution in [0.3, 0.4) is 0 Å². The summed E-state index contributed by atoms with van der Waals surface area (Å²) in [7, 11) is 0. The predicted molar refractivity (Wildman–Crippen MR) is 137 cm³/mol. The van der Waals surface area contributed by atoms with E-state index in [0.29, 0.717) is 0 Å². The predicted octanol–water partition coefficient (Wildman–Crippen LogP) is 10.2. The molecule has 0 atom stereocenters. The molecule has 30 heavy (non-hydrogen) atoms. The van der Waals surface area contributed by atoms with Gasteiger partial charge in [-0.15, -0.1) is 0 Å². The van der Waals surface area contributed by atoms with Crippen LogP contribution in [0.1, 0.15) is 128 Å². The Morgan fingerprint density at radius 2 is 0.733 bits per heavy atom. The maximum absolute atomic E-state index is 2.43. The first-order valence-electron chi connectivity index (χ1n) is 13.3. The van der Waals surface area contributed by atoms with Crippen molar-refractivity contribution in [2.24, 2.45) is 0 Å². The van der Waals surface area contributed by atoms with E-state index >= 15 is 0 Å². The Kier molecular flexibility index (Phi) is 13.6. The number of rotatable bonds is 18. The zero-order chi connectivity index (χ0) is 21.3. The average molecular weight is 409 g/mol. The SMILES string of the molecule is CCCCCCCCCCc1ccc2cc(CCCCCCCCCC)ccc2c1. The Bertz CT molecular complexity index is 610. The first-order valence-corrected chi connectivity index (χ1v) is 13.3. The van der Waals surface area contributed by atoms with E-state index in [1.54, 1.807) is 0 Å². The maximum Gasteiger partial charge on any atom is -0.0181 e. The van der Waals surface area contributed by atoms with Crippen LogP contribution in [0.15, 0.2) is 36.4 Å². The quantitative estimate of drug-likeness (QED) is 0.215. The molecule has 0 saturated heterocycles. The Labute approximate surface area is 187 Å². The minimum atomic E-state index is 1.24. The lowest BCUT2D eigenvalue weighted by atomic mass is 9.98. The second kappa shape index (κ2) is 16.4. The lowest BCUT2D eigenvalue weighted by molar-refractivity contribution is 0.575. The van der Waals surface area contributed by atoms with Crippen LogP contribution >= 0.6 is 0 Å². The average Bonchev–Trinajstić information content (AvgIpc) is 2.77. The lowest BCUT2D eigenvalue weighted by Gasteiger charge is -2.07. The highest BCUT2D eigenvalue weighted by Crippen LogP contribution is 2.21. The first-order chi connectivity index (χ1) is 14.8. The van der Waals surface area contributed by atoms with Gasteiger partial charge in [0, 0.05) is 0 Å². The smallest absolute Gasteiger partial charge is 0.0181 e. The molecule has 0 heterocycles. The van der Waals surface area contributed by atoms with Gasteiger partial charge in [-0.05, 0) is 47.6 Å². The summed E-state index contributed by atoms with van der Waals surface area (Å²) in [6, 6.07) is 14.3. The molecule has 0 bridgehead atoms. The number of benzene rings is 2. The Morgan fingerprint density at radius 1 is 0.400 bits per heavy atom. The summed E-state index contributed by atoms with van der Waals surface area (Å²) >= 11 is 0. The van der Waals surface area contributed by atoms with E-state index in [-0.39, 0.29) is 0 Å².